The van der Waals surface area contributed by atoms with Crippen LogP contribution >= 0.6 is 12.6 Å². The zero-order chi connectivity index (χ0) is 5.91. The van der Waals surface area contributed by atoms with Gasteiger partial charge >= 0.3 is 0 Å². The monoisotopic (exact) mass is 119 g/mol. The zero-order valence-electron chi connectivity index (χ0n) is 4.94. The highest BCUT2D eigenvalue weighted by atomic mass is 32.1. The van der Waals surface area contributed by atoms with Crippen molar-refractivity contribution in [1.29, 1.82) is 0 Å². The molecule has 0 radical (unpaired) electrons. The molecule has 2 heteroatoms. The molecule has 0 aliphatic heterocycles. The Morgan fingerprint density at radius 3 is 2.00 bits per heavy atom. The quantitative estimate of drug-likeness (QED) is 0.522. The first-order chi connectivity index (χ1) is 3.06. The minimum Gasteiger partial charge on any atom is -0.326 e. The summed E-state index contributed by atoms with van der Waals surface area (Å²) in [6.45, 7) is 4.01. The highest BCUT2D eigenvalue weighted by Gasteiger charge is 2.06. The first-order valence-electron chi connectivity index (χ1n) is 2.46. The lowest BCUT2D eigenvalue weighted by Gasteiger charge is -2.15. The third-order valence-electron chi connectivity index (χ3n) is 0.756. The van der Waals surface area contributed by atoms with E-state index in [0.29, 0.717) is 0 Å². The van der Waals surface area contributed by atoms with E-state index in [9.17, 15) is 0 Å². The van der Waals surface area contributed by atoms with Crippen molar-refractivity contribution in [3.63, 3.8) is 0 Å². The maximum absolute atomic E-state index is 5.60. The van der Waals surface area contributed by atoms with Crippen molar-refractivity contribution in [1.82, 2.24) is 0 Å². The van der Waals surface area contributed by atoms with E-state index in [-0.39, 0.29) is 5.54 Å². The summed E-state index contributed by atoms with van der Waals surface area (Å²) in [5.74, 6) is 0.878. The van der Waals surface area contributed by atoms with E-state index in [1.165, 1.54) is 0 Å². The van der Waals surface area contributed by atoms with Gasteiger partial charge < -0.3 is 5.73 Å². The lowest BCUT2D eigenvalue weighted by Crippen LogP contribution is -2.31. The average molecular weight is 119 g/mol. The van der Waals surface area contributed by atoms with Crippen LogP contribution < -0.4 is 5.73 Å². The molecule has 0 atom stereocenters. The first-order valence-corrected chi connectivity index (χ1v) is 3.09. The molecule has 0 aromatic carbocycles. The number of rotatable bonds is 2. The van der Waals surface area contributed by atoms with Crippen LogP contribution in [0.4, 0.5) is 0 Å². The minimum absolute atomic E-state index is 0.0260. The molecule has 0 bridgehead atoms. The minimum atomic E-state index is -0.0260. The SMILES string of the molecule is CC(C)(N)CCS. The van der Waals surface area contributed by atoms with Crippen LogP contribution in [0.25, 0.3) is 0 Å². The molecule has 0 spiro atoms. The Morgan fingerprint density at radius 1 is 1.57 bits per heavy atom. The van der Waals surface area contributed by atoms with E-state index in [4.69, 9.17) is 5.73 Å². The van der Waals surface area contributed by atoms with Gasteiger partial charge in [0.25, 0.3) is 0 Å². The van der Waals surface area contributed by atoms with Gasteiger partial charge in [-0.1, -0.05) is 0 Å². The molecule has 44 valence electrons. The average Bonchev–Trinajstić information content (AvgIpc) is 1.30. The predicted octanol–water partition coefficient (Wildman–Crippen LogP) is 1.04. The van der Waals surface area contributed by atoms with Gasteiger partial charge in [-0.25, -0.2) is 0 Å². The van der Waals surface area contributed by atoms with Gasteiger partial charge in [0.15, 0.2) is 0 Å². The first kappa shape index (κ1) is 7.31. The van der Waals surface area contributed by atoms with Crippen molar-refractivity contribution in [3.8, 4) is 0 Å². The van der Waals surface area contributed by atoms with Crippen LogP contribution in [-0.4, -0.2) is 11.3 Å². The second kappa shape index (κ2) is 2.58. The van der Waals surface area contributed by atoms with Crippen LogP contribution in [0.2, 0.25) is 0 Å². The molecule has 0 aliphatic rings. The summed E-state index contributed by atoms with van der Waals surface area (Å²) < 4.78 is 0. The van der Waals surface area contributed by atoms with Gasteiger partial charge in [0.2, 0.25) is 0 Å². The second-order valence-electron chi connectivity index (χ2n) is 2.46. The highest BCUT2D eigenvalue weighted by Crippen LogP contribution is 2.02. The fraction of sp³-hybridized carbons (Fsp3) is 1.00. The highest BCUT2D eigenvalue weighted by molar-refractivity contribution is 7.80. The Labute approximate surface area is 50.7 Å². The molecular formula is C5H13NS. The zero-order valence-corrected chi connectivity index (χ0v) is 5.83. The van der Waals surface area contributed by atoms with Crippen molar-refractivity contribution in [2.45, 2.75) is 25.8 Å². The third-order valence-corrected chi connectivity index (χ3v) is 0.980. The molecule has 7 heavy (non-hydrogen) atoms. The van der Waals surface area contributed by atoms with Crippen molar-refractivity contribution in [3.05, 3.63) is 0 Å². The van der Waals surface area contributed by atoms with E-state index < -0.39 is 0 Å². The van der Waals surface area contributed by atoms with Crippen LogP contribution in [0, 0.1) is 0 Å². The van der Waals surface area contributed by atoms with Crippen LogP contribution in [0.3, 0.4) is 0 Å². The van der Waals surface area contributed by atoms with E-state index in [1.807, 2.05) is 13.8 Å². The smallest absolute Gasteiger partial charge is 0.0105 e. The lowest BCUT2D eigenvalue weighted by molar-refractivity contribution is 0.506. The van der Waals surface area contributed by atoms with Crippen LogP contribution in [0.1, 0.15) is 20.3 Å². The largest absolute Gasteiger partial charge is 0.326 e. The maximum atomic E-state index is 5.60. The van der Waals surface area contributed by atoms with Crippen molar-refractivity contribution in [2.24, 2.45) is 5.73 Å². The Bertz CT molecular complexity index is 46.5. The van der Waals surface area contributed by atoms with E-state index in [2.05, 4.69) is 12.6 Å². The normalized spacial score (nSPS) is 12.0. The van der Waals surface area contributed by atoms with Gasteiger partial charge in [-0.3, -0.25) is 0 Å². The van der Waals surface area contributed by atoms with Gasteiger partial charge in [0.05, 0.1) is 0 Å². The van der Waals surface area contributed by atoms with Crippen molar-refractivity contribution in [2.75, 3.05) is 5.75 Å². The fourth-order valence-corrected chi connectivity index (χ4v) is 0.864. The molecule has 0 heterocycles. The molecule has 0 rings (SSSR count). The number of hydrogen-bond donors (Lipinski definition) is 2. The summed E-state index contributed by atoms with van der Waals surface area (Å²) >= 11 is 4.03. The third kappa shape index (κ3) is 6.31. The van der Waals surface area contributed by atoms with E-state index in [1.54, 1.807) is 0 Å². The van der Waals surface area contributed by atoms with E-state index >= 15 is 0 Å². The molecule has 0 saturated carbocycles. The number of hydrogen-bond acceptors (Lipinski definition) is 2. The summed E-state index contributed by atoms with van der Waals surface area (Å²) in [5, 5.41) is 0. The Balaban J connectivity index is 3.15. The number of nitrogens with two attached hydrogens (primary N) is 1. The molecule has 0 fully saturated rings. The molecule has 0 unspecified atom stereocenters. The molecule has 0 aliphatic carbocycles. The molecule has 0 saturated heterocycles. The van der Waals surface area contributed by atoms with Crippen molar-refractivity contribution >= 4 is 12.6 Å². The van der Waals surface area contributed by atoms with Gasteiger partial charge in [-0.15, -0.1) is 0 Å². The fourth-order valence-electron chi connectivity index (χ4n) is 0.288. The second-order valence-corrected chi connectivity index (χ2v) is 2.91. The molecular weight excluding hydrogens is 106 g/mol. The lowest BCUT2D eigenvalue weighted by atomic mass is 10.0. The van der Waals surface area contributed by atoms with Gasteiger partial charge in [0.1, 0.15) is 0 Å². The summed E-state index contributed by atoms with van der Waals surface area (Å²) in [6.07, 6.45) is 0.982. The molecule has 2 N–H and O–H groups in total. The molecule has 1 nitrogen and oxygen atoms in total. The summed E-state index contributed by atoms with van der Waals surface area (Å²) in [4.78, 5) is 0. The predicted molar refractivity (Wildman–Crippen MR) is 36.7 cm³/mol. The molecule has 0 aromatic rings. The summed E-state index contributed by atoms with van der Waals surface area (Å²) in [6, 6.07) is 0. The maximum Gasteiger partial charge on any atom is 0.0105 e. The van der Waals surface area contributed by atoms with Crippen LogP contribution in [-0.2, 0) is 0 Å². The van der Waals surface area contributed by atoms with Gasteiger partial charge in [-0.2, -0.15) is 12.6 Å². The van der Waals surface area contributed by atoms with E-state index in [0.717, 1.165) is 12.2 Å². The van der Waals surface area contributed by atoms with Crippen LogP contribution in [0.5, 0.6) is 0 Å². The topological polar surface area (TPSA) is 26.0 Å². The Morgan fingerprint density at radius 2 is 2.00 bits per heavy atom. The number of thiol groups is 1. The van der Waals surface area contributed by atoms with Crippen molar-refractivity contribution < 1.29 is 0 Å². The van der Waals surface area contributed by atoms with Crippen LogP contribution in [0.15, 0.2) is 0 Å². The van der Waals surface area contributed by atoms with Gasteiger partial charge in [-0.05, 0) is 26.0 Å². The molecule has 0 aromatic heterocycles. The standard InChI is InChI=1S/C5H13NS/c1-5(2,6)3-4-7/h7H,3-4,6H2,1-2H3. The summed E-state index contributed by atoms with van der Waals surface area (Å²) in [5.41, 5.74) is 5.57. The summed E-state index contributed by atoms with van der Waals surface area (Å²) in [7, 11) is 0. The van der Waals surface area contributed by atoms with Gasteiger partial charge in [0, 0.05) is 5.54 Å². The Hall–Kier alpha value is 0.310. The Kier molecular flexibility index (Phi) is 2.69. The molecule has 0 amide bonds.